The normalized spacial score (nSPS) is 30.3. The van der Waals surface area contributed by atoms with E-state index in [1.165, 1.54) is 0 Å². The van der Waals surface area contributed by atoms with Crippen molar-refractivity contribution in [1.29, 1.82) is 0 Å². The summed E-state index contributed by atoms with van der Waals surface area (Å²) in [4.78, 5) is 9.90. The van der Waals surface area contributed by atoms with Crippen LogP contribution in [0.5, 0.6) is 0 Å². The molecule has 0 aliphatic heterocycles. The van der Waals surface area contributed by atoms with Crippen LogP contribution in [0, 0.1) is 17.8 Å². The molecular weight excluding hydrogens is 140 g/mol. The maximum absolute atomic E-state index is 9.90. The first-order valence-corrected chi connectivity index (χ1v) is 3.97. The number of aldehydes is 1. The first kappa shape index (κ1) is 8.29. The summed E-state index contributed by atoms with van der Waals surface area (Å²) in [6.45, 7) is 0. The standard InChI is InChI=1S/C9H12O2/c10-7-3-5-8-4-1-2-6-9(8)11/h7-9,11H,1-2,4,6H2/t8-,9+/m1/s1. The lowest BCUT2D eigenvalue weighted by atomic mass is 9.87. The zero-order valence-electron chi connectivity index (χ0n) is 6.42. The van der Waals surface area contributed by atoms with Gasteiger partial charge in [0.15, 0.2) is 6.29 Å². The van der Waals surface area contributed by atoms with Crippen molar-refractivity contribution in [2.45, 2.75) is 31.8 Å². The Morgan fingerprint density at radius 3 is 2.73 bits per heavy atom. The van der Waals surface area contributed by atoms with Gasteiger partial charge in [-0.25, -0.2) is 0 Å². The number of carbonyl (C=O) groups excluding carboxylic acids is 1. The van der Waals surface area contributed by atoms with Gasteiger partial charge in [0.1, 0.15) is 0 Å². The average molecular weight is 152 g/mol. The Hall–Kier alpha value is -0.810. The Morgan fingerprint density at radius 2 is 2.09 bits per heavy atom. The molecule has 0 aromatic carbocycles. The van der Waals surface area contributed by atoms with Crippen molar-refractivity contribution < 1.29 is 9.90 Å². The molecule has 0 aromatic heterocycles. The van der Waals surface area contributed by atoms with Crippen LogP contribution in [-0.2, 0) is 4.79 Å². The van der Waals surface area contributed by atoms with Crippen molar-refractivity contribution >= 4 is 6.29 Å². The molecule has 0 bridgehead atoms. The lowest BCUT2D eigenvalue weighted by Gasteiger charge is -2.22. The van der Waals surface area contributed by atoms with Crippen molar-refractivity contribution in [3.8, 4) is 11.8 Å². The number of aliphatic hydroxyl groups is 1. The summed E-state index contributed by atoms with van der Waals surface area (Å²) in [7, 11) is 0. The third kappa shape index (κ3) is 2.36. The van der Waals surface area contributed by atoms with Crippen LogP contribution in [0.2, 0.25) is 0 Å². The molecule has 2 heteroatoms. The molecule has 0 heterocycles. The molecule has 1 aliphatic rings. The second-order valence-electron chi connectivity index (χ2n) is 2.86. The molecule has 2 atom stereocenters. The van der Waals surface area contributed by atoms with Crippen molar-refractivity contribution in [3.05, 3.63) is 0 Å². The third-order valence-corrected chi connectivity index (χ3v) is 2.06. The Labute approximate surface area is 66.6 Å². The van der Waals surface area contributed by atoms with Crippen LogP contribution in [0.15, 0.2) is 0 Å². The van der Waals surface area contributed by atoms with Gasteiger partial charge in [0.25, 0.3) is 0 Å². The van der Waals surface area contributed by atoms with Gasteiger partial charge in [0.2, 0.25) is 0 Å². The molecule has 1 N–H and O–H groups in total. The minimum absolute atomic E-state index is 0.0361. The quantitative estimate of drug-likeness (QED) is 0.410. The molecule has 1 rings (SSSR count). The molecule has 11 heavy (non-hydrogen) atoms. The molecular formula is C9H12O2. The topological polar surface area (TPSA) is 37.3 Å². The van der Waals surface area contributed by atoms with Crippen LogP contribution in [0.25, 0.3) is 0 Å². The molecule has 1 saturated carbocycles. The maximum Gasteiger partial charge on any atom is 0.192 e. The van der Waals surface area contributed by atoms with E-state index in [9.17, 15) is 9.90 Å². The Bertz CT molecular complexity index is 187. The molecule has 0 saturated heterocycles. The van der Waals surface area contributed by atoms with Gasteiger partial charge in [-0.1, -0.05) is 18.8 Å². The van der Waals surface area contributed by atoms with Gasteiger partial charge in [-0.3, -0.25) is 4.79 Å². The number of hydrogen-bond donors (Lipinski definition) is 1. The summed E-state index contributed by atoms with van der Waals surface area (Å²) in [5.74, 6) is 5.15. The van der Waals surface area contributed by atoms with E-state index < -0.39 is 0 Å². The highest BCUT2D eigenvalue weighted by atomic mass is 16.3. The minimum atomic E-state index is -0.309. The van der Waals surface area contributed by atoms with Gasteiger partial charge in [0.05, 0.1) is 6.10 Å². The lowest BCUT2D eigenvalue weighted by molar-refractivity contribution is -0.103. The maximum atomic E-state index is 9.90. The predicted octanol–water partition coefficient (Wildman–Crippen LogP) is 0.740. The molecule has 0 unspecified atom stereocenters. The van der Waals surface area contributed by atoms with Gasteiger partial charge in [0, 0.05) is 5.92 Å². The molecule has 1 aliphatic carbocycles. The number of carbonyl (C=O) groups is 1. The molecule has 0 aromatic rings. The predicted molar refractivity (Wildman–Crippen MR) is 41.8 cm³/mol. The smallest absolute Gasteiger partial charge is 0.192 e. The monoisotopic (exact) mass is 152 g/mol. The van der Waals surface area contributed by atoms with Crippen molar-refractivity contribution in [1.82, 2.24) is 0 Å². The van der Waals surface area contributed by atoms with Crippen molar-refractivity contribution in [2.75, 3.05) is 0 Å². The van der Waals surface area contributed by atoms with Crippen LogP contribution >= 0.6 is 0 Å². The third-order valence-electron chi connectivity index (χ3n) is 2.06. The average Bonchev–Trinajstić information content (AvgIpc) is 2.03. The summed E-state index contributed by atoms with van der Waals surface area (Å²) in [5, 5.41) is 9.38. The van der Waals surface area contributed by atoms with E-state index in [2.05, 4.69) is 11.8 Å². The molecule has 60 valence electrons. The molecule has 1 fully saturated rings. The van der Waals surface area contributed by atoms with Crippen LogP contribution < -0.4 is 0 Å². The van der Waals surface area contributed by atoms with Gasteiger partial charge >= 0.3 is 0 Å². The summed E-state index contributed by atoms with van der Waals surface area (Å²) < 4.78 is 0. The molecule has 0 radical (unpaired) electrons. The second kappa shape index (κ2) is 4.15. The fourth-order valence-corrected chi connectivity index (χ4v) is 1.42. The van der Waals surface area contributed by atoms with Crippen LogP contribution in [0.1, 0.15) is 25.7 Å². The van der Waals surface area contributed by atoms with Crippen LogP contribution in [-0.4, -0.2) is 17.5 Å². The molecule has 0 spiro atoms. The first-order chi connectivity index (χ1) is 5.34. The zero-order chi connectivity index (χ0) is 8.10. The van der Waals surface area contributed by atoms with E-state index in [4.69, 9.17) is 0 Å². The molecule has 0 amide bonds. The SMILES string of the molecule is O=CC#C[C@H]1CCCC[C@@H]1O. The zero-order valence-corrected chi connectivity index (χ0v) is 6.42. The fraction of sp³-hybridized carbons (Fsp3) is 0.667. The van der Waals surface area contributed by atoms with Gasteiger partial charge < -0.3 is 5.11 Å². The highest BCUT2D eigenvalue weighted by Crippen LogP contribution is 2.23. The summed E-state index contributed by atoms with van der Waals surface area (Å²) in [6.07, 6.45) is 4.24. The van der Waals surface area contributed by atoms with E-state index in [0.29, 0.717) is 6.29 Å². The first-order valence-electron chi connectivity index (χ1n) is 3.97. The molecule has 2 nitrogen and oxygen atoms in total. The van der Waals surface area contributed by atoms with Crippen LogP contribution in [0.4, 0.5) is 0 Å². The van der Waals surface area contributed by atoms with Gasteiger partial charge in [-0.2, -0.15) is 0 Å². The van der Waals surface area contributed by atoms with E-state index in [1.807, 2.05) is 0 Å². The number of hydrogen-bond acceptors (Lipinski definition) is 2. The summed E-state index contributed by atoms with van der Waals surface area (Å²) in [6, 6.07) is 0. The highest BCUT2D eigenvalue weighted by Gasteiger charge is 2.20. The van der Waals surface area contributed by atoms with Crippen molar-refractivity contribution in [2.24, 2.45) is 5.92 Å². The Morgan fingerprint density at radius 1 is 1.36 bits per heavy atom. The van der Waals surface area contributed by atoms with E-state index in [-0.39, 0.29) is 12.0 Å². The largest absolute Gasteiger partial charge is 0.392 e. The van der Waals surface area contributed by atoms with Gasteiger partial charge in [-0.15, -0.1) is 0 Å². The van der Waals surface area contributed by atoms with Crippen LogP contribution in [0.3, 0.4) is 0 Å². The van der Waals surface area contributed by atoms with E-state index in [1.54, 1.807) is 0 Å². The lowest BCUT2D eigenvalue weighted by Crippen LogP contribution is -2.22. The van der Waals surface area contributed by atoms with Gasteiger partial charge in [-0.05, 0) is 18.8 Å². The Kier molecular flexibility index (Phi) is 3.13. The fourth-order valence-electron chi connectivity index (χ4n) is 1.42. The number of aliphatic hydroxyl groups excluding tert-OH is 1. The second-order valence-corrected chi connectivity index (χ2v) is 2.86. The van der Waals surface area contributed by atoms with E-state index in [0.717, 1.165) is 25.7 Å². The minimum Gasteiger partial charge on any atom is -0.392 e. The van der Waals surface area contributed by atoms with E-state index >= 15 is 0 Å². The highest BCUT2D eigenvalue weighted by molar-refractivity contribution is 5.72. The number of rotatable bonds is 0. The van der Waals surface area contributed by atoms with Crippen molar-refractivity contribution in [3.63, 3.8) is 0 Å². The summed E-state index contributed by atoms with van der Waals surface area (Å²) in [5.41, 5.74) is 0. The Balaban J connectivity index is 2.47. The summed E-state index contributed by atoms with van der Waals surface area (Å²) >= 11 is 0.